The molecule has 2 N–H and O–H groups in total. The highest BCUT2D eigenvalue weighted by Gasteiger charge is 2.29. The van der Waals surface area contributed by atoms with Gasteiger partial charge in [-0.25, -0.2) is 0 Å². The molecule has 0 amide bonds. The predicted molar refractivity (Wildman–Crippen MR) is 74.4 cm³/mol. The molecule has 18 heavy (non-hydrogen) atoms. The number of nitrogens with zero attached hydrogens (tertiary/aromatic N) is 1. The van der Waals surface area contributed by atoms with Crippen LogP contribution >= 0.6 is 0 Å². The lowest BCUT2D eigenvalue weighted by Gasteiger charge is -2.39. The molecule has 1 fully saturated rings. The van der Waals surface area contributed by atoms with Crippen LogP contribution in [0, 0.1) is 11.8 Å². The van der Waals surface area contributed by atoms with Crippen LogP contribution in [0.4, 0.5) is 0 Å². The van der Waals surface area contributed by atoms with Gasteiger partial charge < -0.3 is 10.2 Å². The van der Waals surface area contributed by atoms with Crippen molar-refractivity contribution in [3.8, 4) is 0 Å². The SMILES string of the molecule is CCc1ccc(C(CN)N2CCC(C)C(C)C2)o1. The Morgan fingerprint density at radius 3 is 2.72 bits per heavy atom. The number of likely N-dealkylation sites (tertiary alicyclic amines) is 1. The Bertz CT molecular complexity index is 374. The first-order valence-electron chi connectivity index (χ1n) is 7.18. The van der Waals surface area contributed by atoms with Crippen molar-refractivity contribution in [3.63, 3.8) is 0 Å². The molecule has 0 bridgehead atoms. The molecule has 0 saturated carbocycles. The Kier molecular flexibility index (Phi) is 4.46. The van der Waals surface area contributed by atoms with Crippen molar-refractivity contribution in [2.75, 3.05) is 19.6 Å². The molecular formula is C15H26N2O. The summed E-state index contributed by atoms with van der Waals surface area (Å²) in [7, 11) is 0. The van der Waals surface area contributed by atoms with Gasteiger partial charge in [-0.3, -0.25) is 4.90 Å². The highest BCUT2D eigenvalue weighted by atomic mass is 16.3. The third kappa shape index (κ3) is 2.78. The summed E-state index contributed by atoms with van der Waals surface area (Å²) < 4.78 is 5.88. The van der Waals surface area contributed by atoms with Gasteiger partial charge in [-0.2, -0.15) is 0 Å². The van der Waals surface area contributed by atoms with Crippen LogP contribution in [0.15, 0.2) is 16.5 Å². The largest absolute Gasteiger partial charge is 0.464 e. The van der Waals surface area contributed by atoms with Crippen molar-refractivity contribution in [1.82, 2.24) is 4.90 Å². The molecule has 1 saturated heterocycles. The summed E-state index contributed by atoms with van der Waals surface area (Å²) in [6.07, 6.45) is 2.21. The molecule has 0 radical (unpaired) electrons. The molecule has 1 aliphatic rings. The standard InChI is InChI=1S/C15H26N2O/c1-4-13-5-6-15(18-13)14(9-16)17-8-7-11(2)12(3)10-17/h5-6,11-12,14H,4,7-10,16H2,1-3H3. The molecule has 2 heterocycles. The normalized spacial score (nSPS) is 27.3. The zero-order chi connectivity index (χ0) is 13.1. The van der Waals surface area contributed by atoms with E-state index in [1.807, 2.05) is 0 Å². The summed E-state index contributed by atoms with van der Waals surface area (Å²) in [5.41, 5.74) is 5.96. The number of hydrogen-bond acceptors (Lipinski definition) is 3. The van der Waals surface area contributed by atoms with E-state index in [0.29, 0.717) is 6.54 Å². The van der Waals surface area contributed by atoms with E-state index in [2.05, 4.69) is 37.8 Å². The Morgan fingerprint density at radius 2 is 2.17 bits per heavy atom. The molecule has 1 aromatic heterocycles. The van der Waals surface area contributed by atoms with Crippen molar-refractivity contribution in [2.24, 2.45) is 17.6 Å². The number of furan rings is 1. The Balaban J connectivity index is 2.08. The average molecular weight is 250 g/mol. The van der Waals surface area contributed by atoms with Crippen LogP contribution in [0.25, 0.3) is 0 Å². The fourth-order valence-electron chi connectivity index (χ4n) is 2.79. The zero-order valence-corrected chi connectivity index (χ0v) is 11.9. The molecule has 102 valence electrons. The average Bonchev–Trinajstić information content (AvgIpc) is 2.83. The number of aryl methyl sites for hydroxylation is 1. The maximum Gasteiger partial charge on any atom is 0.122 e. The molecule has 0 aromatic carbocycles. The van der Waals surface area contributed by atoms with Crippen molar-refractivity contribution >= 4 is 0 Å². The first-order chi connectivity index (χ1) is 8.65. The Morgan fingerprint density at radius 1 is 1.39 bits per heavy atom. The van der Waals surface area contributed by atoms with Gasteiger partial charge in [0.1, 0.15) is 11.5 Å². The van der Waals surface area contributed by atoms with Crippen LogP contribution in [-0.4, -0.2) is 24.5 Å². The highest BCUT2D eigenvalue weighted by Crippen LogP contribution is 2.30. The van der Waals surface area contributed by atoms with E-state index in [1.165, 1.54) is 6.42 Å². The summed E-state index contributed by atoms with van der Waals surface area (Å²) >= 11 is 0. The molecule has 3 unspecified atom stereocenters. The zero-order valence-electron chi connectivity index (χ0n) is 11.9. The van der Waals surface area contributed by atoms with Crippen LogP contribution in [0.1, 0.15) is 44.8 Å². The molecular weight excluding hydrogens is 224 g/mol. The third-order valence-corrected chi connectivity index (χ3v) is 4.39. The van der Waals surface area contributed by atoms with Gasteiger partial charge in [0.2, 0.25) is 0 Å². The maximum atomic E-state index is 5.96. The second-order valence-corrected chi connectivity index (χ2v) is 5.65. The summed E-state index contributed by atoms with van der Waals surface area (Å²) in [6.45, 7) is 9.70. The van der Waals surface area contributed by atoms with E-state index >= 15 is 0 Å². The quantitative estimate of drug-likeness (QED) is 0.893. The van der Waals surface area contributed by atoms with Crippen LogP contribution < -0.4 is 5.73 Å². The van der Waals surface area contributed by atoms with E-state index in [9.17, 15) is 0 Å². The van der Waals surface area contributed by atoms with Gasteiger partial charge in [-0.05, 0) is 36.9 Å². The fourth-order valence-corrected chi connectivity index (χ4v) is 2.79. The van der Waals surface area contributed by atoms with Gasteiger partial charge in [0.05, 0.1) is 6.04 Å². The van der Waals surface area contributed by atoms with E-state index in [4.69, 9.17) is 10.2 Å². The van der Waals surface area contributed by atoms with Gasteiger partial charge in [0.15, 0.2) is 0 Å². The lowest BCUT2D eigenvalue weighted by atomic mass is 9.88. The first-order valence-corrected chi connectivity index (χ1v) is 7.18. The highest BCUT2D eigenvalue weighted by molar-refractivity contribution is 5.11. The lowest BCUT2D eigenvalue weighted by molar-refractivity contribution is 0.0876. The molecule has 1 aliphatic heterocycles. The van der Waals surface area contributed by atoms with Crippen LogP contribution in [-0.2, 0) is 6.42 Å². The van der Waals surface area contributed by atoms with Gasteiger partial charge in [0, 0.05) is 19.5 Å². The van der Waals surface area contributed by atoms with E-state index in [0.717, 1.165) is 42.9 Å². The minimum Gasteiger partial charge on any atom is -0.464 e. The van der Waals surface area contributed by atoms with Gasteiger partial charge >= 0.3 is 0 Å². The van der Waals surface area contributed by atoms with Crippen molar-refractivity contribution < 1.29 is 4.42 Å². The summed E-state index contributed by atoms with van der Waals surface area (Å²) in [4.78, 5) is 2.49. The van der Waals surface area contributed by atoms with Crippen molar-refractivity contribution in [3.05, 3.63) is 23.7 Å². The second-order valence-electron chi connectivity index (χ2n) is 5.65. The minimum atomic E-state index is 0.250. The Labute approximate surface area is 110 Å². The van der Waals surface area contributed by atoms with E-state index in [1.54, 1.807) is 0 Å². The number of piperidine rings is 1. The topological polar surface area (TPSA) is 42.4 Å². The molecule has 3 atom stereocenters. The van der Waals surface area contributed by atoms with E-state index < -0.39 is 0 Å². The third-order valence-electron chi connectivity index (χ3n) is 4.39. The van der Waals surface area contributed by atoms with Crippen molar-refractivity contribution in [2.45, 2.75) is 39.7 Å². The van der Waals surface area contributed by atoms with Gasteiger partial charge in [-0.15, -0.1) is 0 Å². The monoisotopic (exact) mass is 250 g/mol. The van der Waals surface area contributed by atoms with Crippen molar-refractivity contribution in [1.29, 1.82) is 0 Å². The van der Waals surface area contributed by atoms with Crippen LogP contribution in [0.2, 0.25) is 0 Å². The fraction of sp³-hybridized carbons (Fsp3) is 0.733. The molecule has 0 aliphatic carbocycles. The maximum absolute atomic E-state index is 5.96. The molecule has 0 spiro atoms. The van der Waals surface area contributed by atoms with Crippen LogP contribution in [0.5, 0.6) is 0 Å². The Hall–Kier alpha value is -0.800. The molecule has 1 aromatic rings. The number of rotatable bonds is 4. The number of hydrogen-bond donors (Lipinski definition) is 1. The molecule has 2 rings (SSSR count). The second kappa shape index (κ2) is 5.89. The smallest absolute Gasteiger partial charge is 0.122 e. The first kappa shape index (κ1) is 13.6. The van der Waals surface area contributed by atoms with Crippen LogP contribution in [0.3, 0.4) is 0 Å². The summed E-state index contributed by atoms with van der Waals surface area (Å²) in [5.74, 6) is 3.66. The number of nitrogens with two attached hydrogens (primary N) is 1. The van der Waals surface area contributed by atoms with E-state index in [-0.39, 0.29) is 6.04 Å². The summed E-state index contributed by atoms with van der Waals surface area (Å²) in [6, 6.07) is 4.42. The van der Waals surface area contributed by atoms with Gasteiger partial charge in [0.25, 0.3) is 0 Å². The van der Waals surface area contributed by atoms with Gasteiger partial charge in [-0.1, -0.05) is 20.8 Å². The summed E-state index contributed by atoms with van der Waals surface area (Å²) in [5, 5.41) is 0. The lowest BCUT2D eigenvalue weighted by Crippen LogP contribution is -2.43. The molecule has 3 nitrogen and oxygen atoms in total. The predicted octanol–water partition coefficient (Wildman–Crippen LogP) is 2.82. The minimum absolute atomic E-state index is 0.250. The molecule has 3 heteroatoms.